The molecule has 1 rings (SSSR count). The van der Waals surface area contributed by atoms with Gasteiger partial charge in [-0.2, -0.15) is 0 Å². The minimum Gasteiger partial charge on any atom is -0.460 e. The highest BCUT2D eigenvalue weighted by atomic mass is 16.6. The molecule has 2 unspecified atom stereocenters. The van der Waals surface area contributed by atoms with Crippen molar-refractivity contribution < 1.29 is 29.3 Å². The number of cyclic esters (lactones) is 2. The van der Waals surface area contributed by atoms with Crippen LogP contribution in [0.25, 0.3) is 0 Å². The zero-order valence-electron chi connectivity index (χ0n) is 7.25. The number of ether oxygens (including phenoxy) is 2. The van der Waals surface area contributed by atoms with Gasteiger partial charge in [-0.05, 0) is 12.2 Å². The maximum absolute atomic E-state index is 10.9. The maximum atomic E-state index is 10.9. The first-order chi connectivity index (χ1) is 6.61. The molecule has 2 N–H and O–H groups in total. The van der Waals surface area contributed by atoms with Crippen molar-refractivity contribution in [1.29, 1.82) is 0 Å². The van der Waals surface area contributed by atoms with Crippen LogP contribution in [0.3, 0.4) is 0 Å². The van der Waals surface area contributed by atoms with E-state index in [1.807, 2.05) is 0 Å². The van der Waals surface area contributed by atoms with Crippen molar-refractivity contribution in [2.24, 2.45) is 0 Å². The summed E-state index contributed by atoms with van der Waals surface area (Å²) < 4.78 is 9.03. The third-order valence-corrected chi connectivity index (χ3v) is 1.53. The van der Waals surface area contributed by atoms with Gasteiger partial charge in [0.25, 0.3) is 0 Å². The van der Waals surface area contributed by atoms with Gasteiger partial charge in [-0.1, -0.05) is 0 Å². The number of hydrogen-bond donors (Lipinski definition) is 2. The van der Waals surface area contributed by atoms with Crippen molar-refractivity contribution in [2.75, 3.05) is 13.2 Å². The van der Waals surface area contributed by atoms with Gasteiger partial charge in [-0.3, -0.25) is 0 Å². The monoisotopic (exact) mass is 202 g/mol. The highest BCUT2D eigenvalue weighted by molar-refractivity contribution is 5.79. The Bertz CT molecular complexity index is 233. The van der Waals surface area contributed by atoms with E-state index in [4.69, 9.17) is 10.2 Å². The highest BCUT2D eigenvalue weighted by Gasteiger charge is 2.19. The summed E-state index contributed by atoms with van der Waals surface area (Å²) >= 11 is 0. The van der Waals surface area contributed by atoms with Crippen LogP contribution in [-0.2, 0) is 19.1 Å². The van der Waals surface area contributed by atoms with Gasteiger partial charge in [0.15, 0.2) is 12.2 Å². The summed E-state index contributed by atoms with van der Waals surface area (Å²) in [4.78, 5) is 21.7. The molecule has 0 saturated heterocycles. The maximum Gasteiger partial charge on any atom is 0.339 e. The smallest absolute Gasteiger partial charge is 0.339 e. The minimum atomic E-state index is -1.46. The number of aliphatic hydroxyl groups excluding tert-OH is 2. The molecule has 0 spiro atoms. The molecule has 0 radical (unpaired) electrons. The van der Waals surface area contributed by atoms with Gasteiger partial charge < -0.3 is 19.7 Å². The summed E-state index contributed by atoms with van der Waals surface area (Å²) in [5, 5.41) is 18.2. The van der Waals surface area contributed by atoms with Gasteiger partial charge in [0.05, 0.1) is 0 Å². The van der Waals surface area contributed by atoms with E-state index in [0.717, 1.165) is 12.2 Å². The van der Waals surface area contributed by atoms with E-state index in [-0.39, 0.29) is 13.2 Å². The summed E-state index contributed by atoms with van der Waals surface area (Å²) in [5.74, 6) is -1.68. The normalized spacial score (nSPS) is 29.3. The second-order valence-electron chi connectivity index (χ2n) is 2.61. The van der Waals surface area contributed by atoms with Crippen LogP contribution in [0.1, 0.15) is 0 Å². The third-order valence-electron chi connectivity index (χ3n) is 1.53. The second kappa shape index (κ2) is 4.73. The summed E-state index contributed by atoms with van der Waals surface area (Å²) in [6, 6.07) is 0. The predicted octanol–water partition coefficient (Wildman–Crippen LogP) is -1.64. The standard InChI is InChI=1S/C8H10O6/c9-5-1-2-6(10)8(12)14-4-3-13-7(5)11/h1-2,5-6,9-10H,3-4H2. The summed E-state index contributed by atoms with van der Waals surface area (Å²) in [6.45, 7) is -0.273. The van der Waals surface area contributed by atoms with Crippen LogP contribution in [-0.4, -0.2) is 47.6 Å². The zero-order chi connectivity index (χ0) is 10.6. The SMILES string of the molecule is O=C1OCCOC(=O)C(O)C=CC1O. The van der Waals surface area contributed by atoms with E-state index in [1.54, 1.807) is 0 Å². The lowest BCUT2D eigenvalue weighted by atomic mass is 10.2. The molecular weight excluding hydrogens is 192 g/mol. The topological polar surface area (TPSA) is 93.1 Å². The molecule has 14 heavy (non-hydrogen) atoms. The highest BCUT2D eigenvalue weighted by Crippen LogP contribution is 1.99. The fourth-order valence-electron chi connectivity index (χ4n) is 0.823. The number of esters is 2. The van der Waals surface area contributed by atoms with Gasteiger partial charge in [0.1, 0.15) is 13.2 Å². The van der Waals surface area contributed by atoms with Gasteiger partial charge in [0, 0.05) is 0 Å². The fraction of sp³-hybridized carbons (Fsp3) is 0.500. The molecule has 2 atom stereocenters. The summed E-state index contributed by atoms with van der Waals surface area (Å²) in [5.41, 5.74) is 0. The molecule has 6 heteroatoms. The third kappa shape index (κ3) is 2.82. The molecule has 6 nitrogen and oxygen atoms in total. The quantitative estimate of drug-likeness (QED) is 0.361. The van der Waals surface area contributed by atoms with E-state index in [9.17, 15) is 9.59 Å². The Kier molecular flexibility index (Phi) is 3.61. The molecular formula is C8H10O6. The van der Waals surface area contributed by atoms with Crippen molar-refractivity contribution in [1.82, 2.24) is 0 Å². The van der Waals surface area contributed by atoms with E-state index in [1.165, 1.54) is 0 Å². The van der Waals surface area contributed by atoms with E-state index >= 15 is 0 Å². The number of aliphatic hydroxyl groups is 2. The van der Waals surface area contributed by atoms with Crippen molar-refractivity contribution >= 4 is 11.9 Å². The molecule has 0 aromatic rings. The van der Waals surface area contributed by atoms with Crippen LogP contribution in [0.15, 0.2) is 12.2 Å². The van der Waals surface area contributed by atoms with Crippen LogP contribution < -0.4 is 0 Å². The predicted molar refractivity (Wildman–Crippen MR) is 43.1 cm³/mol. The summed E-state index contributed by atoms with van der Waals surface area (Å²) in [7, 11) is 0. The van der Waals surface area contributed by atoms with Crippen LogP contribution in [0.2, 0.25) is 0 Å². The van der Waals surface area contributed by atoms with Crippen molar-refractivity contribution in [3.8, 4) is 0 Å². The molecule has 0 aromatic carbocycles. The summed E-state index contributed by atoms with van der Waals surface area (Å²) in [6.07, 6.45) is -0.981. The number of carbonyl (C=O) groups excluding carboxylic acids is 2. The Morgan fingerprint density at radius 3 is 1.71 bits per heavy atom. The lowest BCUT2D eigenvalue weighted by Crippen LogP contribution is -2.28. The first-order valence-corrected chi connectivity index (χ1v) is 3.99. The molecule has 0 aliphatic carbocycles. The molecule has 1 aliphatic heterocycles. The molecule has 0 bridgehead atoms. The lowest BCUT2D eigenvalue weighted by Gasteiger charge is -2.12. The lowest BCUT2D eigenvalue weighted by molar-refractivity contribution is -0.160. The van der Waals surface area contributed by atoms with Crippen molar-refractivity contribution in [3.63, 3.8) is 0 Å². The zero-order valence-corrected chi connectivity index (χ0v) is 7.25. The average Bonchev–Trinajstić information content (AvgIpc) is 2.18. The first-order valence-electron chi connectivity index (χ1n) is 3.99. The van der Waals surface area contributed by atoms with Gasteiger partial charge in [0.2, 0.25) is 0 Å². The van der Waals surface area contributed by atoms with Gasteiger partial charge >= 0.3 is 11.9 Å². The van der Waals surface area contributed by atoms with E-state index in [0.29, 0.717) is 0 Å². The van der Waals surface area contributed by atoms with Crippen LogP contribution in [0, 0.1) is 0 Å². The molecule has 1 heterocycles. The fourth-order valence-corrected chi connectivity index (χ4v) is 0.823. The molecule has 0 amide bonds. The first kappa shape index (κ1) is 10.7. The molecule has 0 aromatic heterocycles. The van der Waals surface area contributed by atoms with Crippen molar-refractivity contribution in [3.05, 3.63) is 12.2 Å². The average molecular weight is 202 g/mol. The molecule has 1 aliphatic rings. The van der Waals surface area contributed by atoms with Gasteiger partial charge in [-0.15, -0.1) is 0 Å². The minimum absolute atomic E-state index is 0.137. The Morgan fingerprint density at radius 1 is 1.00 bits per heavy atom. The number of rotatable bonds is 0. The Hall–Kier alpha value is -1.40. The largest absolute Gasteiger partial charge is 0.460 e. The second-order valence-corrected chi connectivity index (χ2v) is 2.61. The van der Waals surface area contributed by atoms with Crippen LogP contribution >= 0.6 is 0 Å². The van der Waals surface area contributed by atoms with Gasteiger partial charge in [-0.25, -0.2) is 9.59 Å². The Morgan fingerprint density at radius 2 is 1.36 bits per heavy atom. The van der Waals surface area contributed by atoms with Crippen molar-refractivity contribution in [2.45, 2.75) is 12.2 Å². The number of carbonyl (C=O) groups is 2. The van der Waals surface area contributed by atoms with E-state index < -0.39 is 24.1 Å². The molecule has 78 valence electrons. The Balaban J connectivity index is 2.69. The van der Waals surface area contributed by atoms with Crippen LogP contribution in [0.4, 0.5) is 0 Å². The number of hydrogen-bond acceptors (Lipinski definition) is 6. The molecule has 0 fully saturated rings. The van der Waals surface area contributed by atoms with Crippen LogP contribution in [0.5, 0.6) is 0 Å². The Labute approximate surface area is 79.7 Å². The van der Waals surface area contributed by atoms with E-state index in [2.05, 4.69) is 9.47 Å². The molecule has 0 saturated carbocycles.